The molecule has 0 aliphatic carbocycles. The van der Waals surface area contributed by atoms with Crippen molar-refractivity contribution in [2.75, 3.05) is 17.2 Å². The van der Waals surface area contributed by atoms with Gasteiger partial charge in [-0.25, -0.2) is 0 Å². The molecular formula is C17H19BrN2O. The highest BCUT2D eigenvalue weighted by Gasteiger charge is 2.04. The van der Waals surface area contributed by atoms with E-state index in [1.54, 1.807) is 0 Å². The lowest BCUT2D eigenvalue weighted by atomic mass is 10.1. The Morgan fingerprint density at radius 3 is 2.29 bits per heavy atom. The van der Waals surface area contributed by atoms with Crippen molar-refractivity contribution in [1.29, 1.82) is 0 Å². The Balaban J connectivity index is 1.92. The number of benzene rings is 2. The molecular weight excluding hydrogens is 328 g/mol. The summed E-state index contributed by atoms with van der Waals surface area (Å²) in [6.07, 6.45) is 0. The van der Waals surface area contributed by atoms with E-state index in [1.165, 1.54) is 11.1 Å². The van der Waals surface area contributed by atoms with Gasteiger partial charge in [-0.1, -0.05) is 22.0 Å². The molecule has 1 amide bonds. The highest BCUT2D eigenvalue weighted by molar-refractivity contribution is 9.10. The van der Waals surface area contributed by atoms with Crippen LogP contribution in [0.15, 0.2) is 40.9 Å². The third-order valence-electron chi connectivity index (χ3n) is 3.40. The van der Waals surface area contributed by atoms with Gasteiger partial charge in [0, 0.05) is 15.8 Å². The molecule has 0 spiro atoms. The van der Waals surface area contributed by atoms with Crippen LogP contribution in [0.2, 0.25) is 0 Å². The van der Waals surface area contributed by atoms with Crippen molar-refractivity contribution < 1.29 is 4.79 Å². The van der Waals surface area contributed by atoms with Gasteiger partial charge >= 0.3 is 0 Å². The maximum absolute atomic E-state index is 11.9. The molecule has 0 aromatic heterocycles. The smallest absolute Gasteiger partial charge is 0.243 e. The zero-order valence-corrected chi connectivity index (χ0v) is 14.0. The van der Waals surface area contributed by atoms with Crippen LogP contribution in [0.1, 0.15) is 16.7 Å². The monoisotopic (exact) mass is 346 g/mol. The van der Waals surface area contributed by atoms with Crippen LogP contribution in [0.4, 0.5) is 11.4 Å². The van der Waals surface area contributed by atoms with Crippen molar-refractivity contribution >= 4 is 33.2 Å². The lowest BCUT2D eigenvalue weighted by molar-refractivity contribution is -0.114. The van der Waals surface area contributed by atoms with Crippen molar-refractivity contribution in [3.05, 3.63) is 57.6 Å². The quantitative estimate of drug-likeness (QED) is 0.859. The number of carbonyl (C=O) groups is 1. The summed E-state index contributed by atoms with van der Waals surface area (Å²) < 4.78 is 1.04. The lowest BCUT2D eigenvalue weighted by Crippen LogP contribution is -2.21. The fraction of sp³-hybridized carbons (Fsp3) is 0.235. The molecule has 0 saturated heterocycles. The molecule has 0 heterocycles. The summed E-state index contributed by atoms with van der Waals surface area (Å²) in [4.78, 5) is 11.9. The third kappa shape index (κ3) is 4.33. The number of aryl methyl sites for hydroxylation is 3. The number of hydrogen-bond acceptors (Lipinski definition) is 2. The van der Waals surface area contributed by atoms with Crippen molar-refractivity contribution in [2.24, 2.45) is 0 Å². The number of carbonyl (C=O) groups excluding carboxylic acids is 1. The maximum atomic E-state index is 11.9. The summed E-state index contributed by atoms with van der Waals surface area (Å²) in [6.45, 7) is 6.37. The average molecular weight is 347 g/mol. The normalized spacial score (nSPS) is 10.3. The van der Waals surface area contributed by atoms with E-state index >= 15 is 0 Å². The van der Waals surface area contributed by atoms with Gasteiger partial charge in [0.05, 0.1) is 6.54 Å². The van der Waals surface area contributed by atoms with Gasteiger partial charge in [-0.2, -0.15) is 0 Å². The second-order valence-electron chi connectivity index (χ2n) is 5.16. The van der Waals surface area contributed by atoms with Crippen LogP contribution >= 0.6 is 15.9 Å². The molecule has 21 heavy (non-hydrogen) atoms. The topological polar surface area (TPSA) is 41.1 Å². The molecule has 0 aliphatic heterocycles. The fourth-order valence-corrected chi connectivity index (χ4v) is 2.21. The molecule has 0 saturated carbocycles. The van der Waals surface area contributed by atoms with E-state index in [1.807, 2.05) is 43.3 Å². The van der Waals surface area contributed by atoms with Crippen LogP contribution in [0.25, 0.3) is 0 Å². The standard InChI is InChI=1S/C17H19BrN2O/c1-11-4-5-14(8-12(11)2)19-10-17(21)20-15-6-7-16(18)13(3)9-15/h4-9,19H,10H2,1-3H3,(H,20,21). The van der Waals surface area contributed by atoms with Gasteiger partial charge in [-0.05, 0) is 67.8 Å². The fourth-order valence-electron chi connectivity index (χ4n) is 1.96. The average Bonchev–Trinajstić information content (AvgIpc) is 2.44. The maximum Gasteiger partial charge on any atom is 0.243 e. The first-order valence-corrected chi connectivity index (χ1v) is 7.62. The molecule has 0 atom stereocenters. The summed E-state index contributed by atoms with van der Waals surface area (Å²) >= 11 is 3.44. The number of anilines is 2. The molecule has 0 unspecified atom stereocenters. The van der Waals surface area contributed by atoms with Crippen molar-refractivity contribution in [3.8, 4) is 0 Å². The highest BCUT2D eigenvalue weighted by atomic mass is 79.9. The van der Waals surface area contributed by atoms with Crippen LogP contribution in [0.5, 0.6) is 0 Å². The first-order chi connectivity index (χ1) is 9.95. The van der Waals surface area contributed by atoms with Crippen molar-refractivity contribution in [2.45, 2.75) is 20.8 Å². The summed E-state index contributed by atoms with van der Waals surface area (Å²) in [7, 11) is 0. The van der Waals surface area contributed by atoms with Gasteiger partial charge in [0.25, 0.3) is 0 Å². The van der Waals surface area contributed by atoms with Crippen LogP contribution < -0.4 is 10.6 Å². The van der Waals surface area contributed by atoms with E-state index < -0.39 is 0 Å². The molecule has 2 rings (SSSR count). The Morgan fingerprint density at radius 1 is 0.952 bits per heavy atom. The lowest BCUT2D eigenvalue weighted by Gasteiger charge is -2.10. The molecule has 2 aromatic carbocycles. The first kappa shape index (κ1) is 15.6. The zero-order chi connectivity index (χ0) is 15.4. The van der Waals surface area contributed by atoms with Gasteiger partial charge in [0.2, 0.25) is 5.91 Å². The number of hydrogen-bond donors (Lipinski definition) is 2. The Bertz CT molecular complexity index is 668. The molecule has 4 heteroatoms. The second-order valence-corrected chi connectivity index (χ2v) is 6.02. The largest absolute Gasteiger partial charge is 0.376 e. The number of halogens is 1. The van der Waals surface area contributed by atoms with Crippen LogP contribution in [-0.4, -0.2) is 12.5 Å². The first-order valence-electron chi connectivity index (χ1n) is 6.83. The SMILES string of the molecule is Cc1ccc(NCC(=O)Nc2ccc(Br)c(C)c2)cc1C. The molecule has 3 nitrogen and oxygen atoms in total. The summed E-state index contributed by atoms with van der Waals surface area (Å²) in [5, 5.41) is 6.02. The van der Waals surface area contributed by atoms with E-state index in [4.69, 9.17) is 0 Å². The van der Waals surface area contributed by atoms with Gasteiger partial charge in [0.15, 0.2) is 0 Å². The zero-order valence-electron chi connectivity index (χ0n) is 12.5. The van der Waals surface area contributed by atoms with Gasteiger partial charge in [-0.3, -0.25) is 4.79 Å². The molecule has 0 bridgehead atoms. The molecule has 0 radical (unpaired) electrons. The van der Waals surface area contributed by atoms with Crippen LogP contribution in [-0.2, 0) is 4.79 Å². The molecule has 2 aromatic rings. The number of amides is 1. The Labute approximate surface area is 133 Å². The van der Waals surface area contributed by atoms with Crippen molar-refractivity contribution in [1.82, 2.24) is 0 Å². The van der Waals surface area contributed by atoms with E-state index in [-0.39, 0.29) is 12.5 Å². The molecule has 0 fully saturated rings. The predicted molar refractivity (Wildman–Crippen MR) is 91.9 cm³/mol. The molecule has 0 aliphatic rings. The van der Waals surface area contributed by atoms with Crippen LogP contribution in [0.3, 0.4) is 0 Å². The van der Waals surface area contributed by atoms with Crippen molar-refractivity contribution in [3.63, 3.8) is 0 Å². The highest BCUT2D eigenvalue weighted by Crippen LogP contribution is 2.20. The van der Waals surface area contributed by atoms with Gasteiger partial charge in [0.1, 0.15) is 0 Å². The minimum atomic E-state index is -0.0602. The van der Waals surface area contributed by atoms with Gasteiger partial charge in [-0.15, -0.1) is 0 Å². The summed E-state index contributed by atoms with van der Waals surface area (Å²) in [6, 6.07) is 11.8. The Kier molecular flexibility index (Phi) is 5.02. The predicted octanol–water partition coefficient (Wildman–Crippen LogP) is 4.42. The van der Waals surface area contributed by atoms with Crippen LogP contribution in [0, 0.1) is 20.8 Å². The van der Waals surface area contributed by atoms with E-state index in [9.17, 15) is 4.79 Å². The second kappa shape index (κ2) is 6.76. The molecule has 2 N–H and O–H groups in total. The Morgan fingerprint density at radius 2 is 1.62 bits per heavy atom. The summed E-state index contributed by atoms with van der Waals surface area (Å²) in [5.41, 5.74) is 5.32. The summed E-state index contributed by atoms with van der Waals surface area (Å²) in [5.74, 6) is -0.0602. The van der Waals surface area contributed by atoms with E-state index in [0.29, 0.717) is 0 Å². The third-order valence-corrected chi connectivity index (χ3v) is 4.29. The number of rotatable bonds is 4. The van der Waals surface area contributed by atoms with E-state index in [2.05, 4.69) is 40.4 Å². The minimum Gasteiger partial charge on any atom is -0.376 e. The van der Waals surface area contributed by atoms with E-state index in [0.717, 1.165) is 21.4 Å². The number of nitrogens with one attached hydrogen (secondary N) is 2. The minimum absolute atomic E-state index is 0.0602. The Hall–Kier alpha value is -1.81. The van der Waals surface area contributed by atoms with Gasteiger partial charge < -0.3 is 10.6 Å². The molecule has 110 valence electrons.